The Hall–Kier alpha value is -4.71. The Kier molecular flexibility index (Phi) is 7.05. The SMILES string of the molecule is COC(=O)N1c2ccccc2C=C(C2N(C)[C@@H](c3ccccc3)[C@H](c3ccccc3)N2C)[C@H]1c1cccc2ccccc12. The van der Waals surface area contributed by atoms with Gasteiger partial charge in [0, 0.05) is 0 Å². The average Bonchev–Trinajstić information content (AvgIpc) is 3.33. The largest absolute Gasteiger partial charge is 0.452 e. The van der Waals surface area contributed by atoms with Gasteiger partial charge in [0.15, 0.2) is 0 Å². The zero-order valence-corrected chi connectivity index (χ0v) is 24.7. The van der Waals surface area contributed by atoms with Crippen LogP contribution in [-0.2, 0) is 4.74 Å². The number of hydrogen-bond donors (Lipinski definition) is 0. The quantitative estimate of drug-likeness (QED) is 0.220. The maximum absolute atomic E-state index is 13.8. The van der Waals surface area contributed by atoms with Crippen molar-refractivity contribution in [2.45, 2.75) is 24.3 Å². The second-order valence-electron chi connectivity index (χ2n) is 11.4. The lowest BCUT2D eigenvalue weighted by molar-refractivity contribution is 0.170. The minimum atomic E-state index is -0.380. The molecule has 0 unspecified atom stereocenters. The fourth-order valence-electron chi connectivity index (χ4n) is 7.34. The van der Waals surface area contributed by atoms with E-state index < -0.39 is 0 Å². The van der Waals surface area contributed by atoms with Crippen LogP contribution < -0.4 is 4.90 Å². The molecule has 0 aliphatic carbocycles. The second kappa shape index (κ2) is 11.2. The molecule has 0 radical (unpaired) electrons. The van der Waals surface area contributed by atoms with E-state index in [9.17, 15) is 4.79 Å². The summed E-state index contributed by atoms with van der Waals surface area (Å²) in [5, 5.41) is 2.26. The molecule has 2 aliphatic rings. The third kappa shape index (κ3) is 4.53. The first-order chi connectivity index (χ1) is 21.1. The van der Waals surface area contributed by atoms with Crippen LogP contribution in [0.1, 0.15) is 40.4 Å². The van der Waals surface area contributed by atoms with E-state index in [1.54, 1.807) is 0 Å². The normalized spacial score (nSPS) is 21.0. The highest BCUT2D eigenvalue weighted by atomic mass is 16.5. The van der Waals surface area contributed by atoms with Gasteiger partial charge in [-0.05, 0) is 64.8 Å². The molecule has 7 rings (SSSR count). The minimum absolute atomic E-state index is 0.0939. The van der Waals surface area contributed by atoms with Gasteiger partial charge in [0.05, 0.1) is 37.1 Å². The number of rotatable bonds is 4. The van der Waals surface area contributed by atoms with Crippen LogP contribution in [0, 0.1) is 0 Å². The van der Waals surface area contributed by atoms with E-state index in [0.29, 0.717) is 0 Å². The molecule has 0 N–H and O–H groups in total. The molecule has 1 amide bonds. The van der Waals surface area contributed by atoms with Crippen LogP contribution >= 0.6 is 0 Å². The van der Waals surface area contributed by atoms with Crippen molar-refractivity contribution in [2.24, 2.45) is 0 Å². The van der Waals surface area contributed by atoms with Gasteiger partial charge >= 0.3 is 6.09 Å². The maximum Gasteiger partial charge on any atom is 0.414 e. The number of anilines is 1. The number of methoxy groups -OCH3 is 1. The molecular formula is C38H35N3O2. The van der Waals surface area contributed by atoms with Crippen LogP contribution in [0.4, 0.5) is 10.5 Å². The van der Waals surface area contributed by atoms with Crippen molar-refractivity contribution in [1.82, 2.24) is 9.80 Å². The first-order valence-corrected chi connectivity index (χ1v) is 14.8. The van der Waals surface area contributed by atoms with Crippen LogP contribution in [0.5, 0.6) is 0 Å². The van der Waals surface area contributed by atoms with Crippen molar-refractivity contribution in [1.29, 1.82) is 0 Å². The van der Waals surface area contributed by atoms with Crippen LogP contribution in [0.15, 0.2) is 133 Å². The van der Waals surface area contributed by atoms with E-state index in [1.165, 1.54) is 18.2 Å². The number of ether oxygens (including phenoxy) is 1. The average molecular weight is 566 g/mol. The number of hydrogen-bond acceptors (Lipinski definition) is 4. The molecule has 2 heterocycles. The summed E-state index contributed by atoms with van der Waals surface area (Å²) in [5.74, 6) is 0. The highest BCUT2D eigenvalue weighted by Crippen LogP contribution is 2.52. The summed E-state index contributed by atoms with van der Waals surface area (Å²) in [7, 11) is 5.89. The Morgan fingerprint density at radius 1 is 0.651 bits per heavy atom. The highest BCUT2D eigenvalue weighted by molar-refractivity contribution is 5.97. The highest BCUT2D eigenvalue weighted by Gasteiger charge is 2.50. The number of nitrogens with zero attached hydrogens (tertiary/aromatic N) is 3. The lowest BCUT2D eigenvalue weighted by Gasteiger charge is -2.42. The van der Waals surface area contributed by atoms with Crippen molar-refractivity contribution < 1.29 is 9.53 Å². The number of likely N-dealkylation sites (N-methyl/N-ethyl adjacent to an activating group) is 2. The molecule has 3 atom stereocenters. The number of para-hydroxylation sites is 1. The molecule has 5 nitrogen and oxygen atoms in total. The van der Waals surface area contributed by atoms with Gasteiger partial charge in [-0.3, -0.25) is 14.7 Å². The van der Waals surface area contributed by atoms with Crippen LogP contribution in [0.2, 0.25) is 0 Å². The monoisotopic (exact) mass is 565 g/mol. The van der Waals surface area contributed by atoms with E-state index in [2.05, 4.69) is 139 Å². The standard InChI is InChI=1S/C38H35N3O2/c1-39-34(27-16-6-4-7-17-27)35(28-18-8-5-9-19-28)40(2)37(39)32-25-29-20-11-13-24-33(29)41(38(42)43-3)36(32)31-23-14-21-26-15-10-12-22-30(26)31/h4-25,34-37H,1-3H3/t34-,35-,36+/m0/s1. The van der Waals surface area contributed by atoms with E-state index in [4.69, 9.17) is 4.74 Å². The van der Waals surface area contributed by atoms with Gasteiger partial charge < -0.3 is 4.74 Å². The molecule has 5 aromatic carbocycles. The minimum Gasteiger partial charge on any atom is -0.452 e. The van der Waals surface area contributed by atoms with Gasteiger partial charge in [0.1, 0.15) is 0 Å². The summed E-state index contributed by atoms with van der Waals surface area (Å²) in [5.41, 5.74) is 6.57. The van der Waals surface area contributed by atoms with Crippen LogP contribution in [-0.4, -0.2) is 43.3 Å². The molecule has 1 fully saturated rings. The van der Waals surface area contributed by atoms with Gasteiger partial charge in [-0.15, -0.1) is 0 Å². The molecule has 43 heavy (non-hydrogen) atoms. The summed E-state index contributed by atoms with van der Waals surface area (Å²) in [6.45, 7) is 0. The summed E-state index contributed by atoms with van der Waals surface area (Å²) < 4.78 is 5.49. The lowest BCUT2D eigenvalue weighted by atomic mass is 9.86. The van der Waals surface area contributed by atoms with E-state index >= 15 is 0 Å². The first kappa shape index (κ1) is 27.1. The summed E-state index contributed by atoms with van der Waals surface area (Å²) in [6.07, 6.45) is 1.81. The summed E-state index contributed by atoms with van der Waals surface area (Å²) in [6, 6.07) is 44.2. The van der Waals surface area contributed by atoms with Gasteiger partial charge in [0.25, 0.3) is 0 Å². The van der Waals surface area contributed by atoms with Gasteiger partial charge in [-0.2, -0.15) is 0 Å². The predicted molar refractivity (Wildman–Crippen MR) is 174 cm³/mol. The summed E-state index contributed by atoms with van der Waals surface area (Å²) >= 11 is 0. The molecule has 0 aromatic heterocycles. The fraction of sp³-hybridized carbons (Fsp3) is 0.184. The molecule has 5 aromatic rings. The van der Waals surface area contributed by atoms with E-state index in [1.807, 2.05) is 23.1 Å². The van der Waals surface area contributed by atoms with Crippen molar-refractivity contribution in [3.8, 4) is 0 Å². The number of carbonyl (C=O) groups is 1. The maximum atomic E-state index is 13.8. The fourth-order valence-corrected chi connectivity index (χ4v) is 7.34. The Balaban J connectivity index is 1.47. The molecule has 5 heteroatoms. The van der Waals surface area contributed by atoms with Crippen molar-refractivity contribution in [2.75, 3.05) is 26.1 Å². The van der Waals surface area contributed by atoms with Gasteiger partial charge in [-0.1, -0.05) is 121 Å². The number of amides is 1. The Morgan fingerprint density at radius 2 is 1.21 bits per heavy atom. The van der Waals surface area contributed by atoms with Crippen LogP contribution in [0.25, 0.3) is 16.8 Å². The zero-order valence-electron chi connectivity index (χ0n) is 24.7. The van der Waals surface area contributed by atoms with E-state index in [-0.39, 0.29) is 30.4 Å². The molecular weight excluding hydrogens is 530 g/mol. The predicted octanol–water partition coefficient (Wildman–Crippen LogP) is 8.24. The lowest BCUT2D eigenvalue weighted by Crippen LogP contribution is -2.46. The molecule has 0 spiro atoms. The zero-order chi connectivity index (χ0) is 29.5. The smallest absolute Gasteiger partial charge is 0.414 e. The van der Waals surface area contributed by atoms with Crippen LogP contribution in [0.3, 0.4) is 0 Å². The third-order valence-electron chi connectivity index (χ3n) is 9.11. The molecule has 1 saturated heterocycles. The molecule has 0 saturated carbocycles. The first-order valence-electron chi connectivity index (χ1n) is 14.8. The second-order valence-corrected chi connectivity index (χ2v) is 11.4. The Morgan fingerprint density at radius 3 is 1.86 bits per heavy atom. The number of carbonyl (C=O) groups excluding carboxylic acids is 1. The number of fused-ring (bicyclic) bond motifs is 2. The van der Waals surface area contributed by atoms with Gasteiger partial charge in [-0.25, -0.2) is 4.79 Å². The van der Waals surface area contributed by atoms with Crippen molar-refractivity contribution >= 4 is 28.6 Å². The molecule has 0 bridgehead atoms. The molecule has 214 valence electrons. The van der Waals surface area contributed by atoms with E-state index in [0.717, 1.165) is 33.2 Å². The third-order valence-corrected chi connectivity index (χ3v) is 9.11. The molecule has 2 aliphatic heterocycles. The van der Waals surface area contributed by atoms with Crippen molar-refractivity contribution in [3.63, 3.8) is 0 Å². The Labute approximate surface area is 253 Å². The summed E-state index contributed by atoms with van der Waals surface area (Å²) in [4.78, 5) is 20.6. The van der Waals surface area contributed by atoms with Crippen molar-refractivity contribution in [3.05, 3.63) is 155 Å². The Bertz CT molecular complexity index is 1750. The van der Waals surface area contributed by atoms with Gasteiger partial charge in [0.2, 0.25) is 0 Å². The number of benzene rings is 5. The topological polar surface area (TPSA) is 36.0 Å².